The fourth-order valence-electron chi connectivity index (χ4n) is 1.90. The van der Waals surface area contributed by atoms with Gasteiger partial charge in [-0.3, -0.25) is 4.79 Å². The Kier molecular flexibility index (Phi) is 4.87. The van der Waals surface area contributed by atoms with E-state index >= 15 is 0 Å². The fraction of sp³-hybridized carbons (Fsp3) is 0.357. The second-order valence-electron chi connectivity index (χ2n) is 5.11. The van der Waals surface area contributed by atoms with Crippen molar-refractivity contribution in [3.05, 3.63) is 40.0 Å². The maximum absolute atomic E-state index is 12.5. The van der Waals surface area contributed by atoms with Crippen LogP contribution in [0.5, 0.6) is 0 Å². The van der Waals surface area contributed by atoms with Crippen LogP contribution in [0, 0.1) is 0 Å². The molecule has 0 aliphatic rings. The molecule has 3 N–H and O–H groups in total. The van der Waals surface area contributed by atoms with Gasteiger partial charge in [0.05, 0.1) is 17.7 Å². The number of nitrogens with zero attached hydrogens (tertiary/aromatic N) is 3. The normalized spacial score (nSPS) is 10.7. The number of rotatable bonds is 5. The van der Waals surface area contributed by atoms with Crippen LogP contribution in [0.1, 0.15) is 41.5 Å². The minimum Gasteiger partial charge on any atom is -0.336 e. The first-order valence-corrected chi connectivity index (χ1v) is 7.56. The van der Waals surface area contributed by atoms with Crippen LogP contribution >= 0.6 is 11.3 Å². The summed E-state index contributed by atoms with van der Waals surface area (Å²) >= 11 is 1.52. The topological polar surface area (TPSA) is 84.1 Å². The monoisotopic (exact) mass is 305 g/mol. The van der Waals surface area contributed by atoms with E-state index in [1.807, 2.05) is 25.3 Å². The average molecular weight is 305 g/mol. The minimum absolute atomic E-state index is 0.0798. The van der Waals surface area contributed by atoms with Crippen molar-refractivity contribution >= 4 is 23.1 Å². The Balaban J connectivity index is 2.23. The SMILES string of the molecule is CC(C)c1cc(C(=O)N(C)Cc2cscn2)cc(NN)n1. The molecule has 7 heteroatoms. The lowest BCUT2D eigenvalue weighted by molar-refractivity contribution is 0.0783. The molecule has 21 heavy (non-hydrogen) atoms. The van der Waals surface area contributed by atoms with Crippen LogP contribution in [-0.2, 0) is 6.54 Å². The van der Waals surface area contributed by atoms with E-state index in [-0.39, 0.29) is 11.8 Å². The van der Waals surface area contributed by atoms with E-state index in [0.29, 0.717) is 17.9 Å². The zero-order valence-corrected chi connectivity index (χ0v) is 13.1. The van der Waals surface area contributed by atoms with E-state index in [2.05, 4.69) is 15.4 Å². The van der Waals surface area contributed by atoms with E-state index < -0.39 is 0 Å². The van der Waals surface area contributed by atoms with Gasteiger partial charge in [-0.2, -0.15) is 0 Å². The molecule has 2 rings (SSSR count). The largest absolute Gasteiger partial charge is 0.336 e. The second kappa shape index (κ2) is 6.64. The van der Waals surface area contributed by atoms with Crippen molar-refractivity contribution in [2.45, 2.75) is 26.3 Å². The highest BCUT2D eigenvalue weighted by Gasteiger charge is 2.16. The summed E-state index contributed by atoms with van der Waals surface area (Å²) in [7, 11) is 1.76. The van der Waals surface area contributed by atoms with Crippen molar-refractivity contribution < 1.29 is 4.79 Å². The minimum atomic E-state index is -0.0798. The van der Waals surface area contributed by atoms with Crippen LogP contribution in [0.15, 0.2) is 23.0 Å². The molecule has 0 saturated carbocycles. The molecule has 0 bridgehead atoms. The summed E-state index contributed by atoms with van der Waals surface area (Å²) in [5.74, 6) is 6.06. The molecular formula is C14H19N5OS. The van der Waals surface area contributed by atoms with Gasteiger partial charge in [-0.05, 0) is 18.1 Å². The number of hydrogen-bond donors (Lipinski definition) is 2. The highest BCUT2D eigenvalue weighted by Crippen LogP contribution is 2.18. The van der Waals surface area contributed by atoms with Crippen LogP contribution in [0.3, 0.4) is 0 Å². The number of nitrogen functional groups attached to an aromatic ring is 1. The fourth-order valence-corrected chi connectivity index (χ4v) is 2.45. The molecule has 0 saturated heterocycles. The van der Waals surface area contributed by atoms with Gasteiger partial charge in [-0.15, -0.1) is 11.3 Å². The maximum atomic E-state index is 12.5. The Morgan fingerprint density at radius 3 is 2.81 bits per heavy atom. The van der Waals surface area contributed by atoms with Gasteiger partial charge in [0.15, 0.2) is 0 Å². The molecule has 0 aliphatic heterocycles. The summed E-state index contributed by atoms with van der Waals surface area (Å²) in [6.07, 6.45) is 0. The number of nitrogens with one attached hydrogen (secondary N) is 1. The molecule has 2 aromatic heterocycles. The number of aromatic nitrogens is 2. The third-order valence-corrected chi connectivity index (χ3v) is 3.70. The summed E-state index contributed by atoms with van der Waals surface area (Å²) in [5.41, 5.74) is 6.55. The summed E-state index contributed by atoms with van der Waals surface area (Å²) in [5, 5.41) is 1.93. The zero-order chi connectivity index (χ0) is 15.4. The molecule has 0 aliphatic carbocycles. The highest BCUT2D eigenvalue weighted by atomic mass is 32.1. The van der Waals surface area contributed by atoms with Crippen molar-refractivity contribution in [2.75, 3.05) is 12.5 Å². The molecular weight excluding hydrogens is 286 g/mol. The number of hydrogen-bond acceptors (Lipinski definition) is 6. The number of amides is 1. The third kappa shape index (κ3) is 3.77. The standard InChI is InChI=1S/C14H19N5OS/c1-9(2)12-4-10(5-13(17-12)18-15)14(20)19(3)6-11-7-21-8-16-11/h4-5,7-9H,6,15H2,1-3H3,(H,17,18). The molecule has 2 aromatic rings. The molecule has 1 amide bonds. The predicted molar refractivity (Wildman–Crippen MR) is 84.0 cm³/mol. The maximum Gasteiger partial charge on any atom is 0.254 e. The molecule has 0 fully saturated rings. The lowest BCUT2D eigenvalue weighted by Crippen LogP contribution is -2.27. The van der Waals surface area contributed by atoms with Gasteiger partial charge in [-0.1, -0.05) is 13.8 Å². The van der Waals surface area contributed by atoms with Crippen molar-refractivity contribution in [3.63, 3.8) is 0 Å². The summed E-state index contributed by atoms with van der Waals surface area (Å²) in [6, 6.07) is 3.47. The van der Waals surface area contributed by atoms with Gasteiger partial charge >= 0.3 is 0 Å². The van der Waals surface area contributed by atoms with E-state index in [0.717, 1.165) is 11.4 Å². The Labute approximate surface area is 128 Å². The van der Waals surface area contributed by atoms with Crippen molar-refractivity contribution in [2.24, 2.45) is 5.84 Å². The number of carbonyl (C=O) groups is 1. The Morgan fingerprint density at radius 1 is 1.48 bits per heavy atom. The van der Waals surface area contributed by atoms with Gasteiger partial charge in [0, 0.05) is 23.7 Å². The average Bonchev–Trinajstić information content (AvgIpc) is 2.98. The second-order valence-corrected chi connectivity index (χ2v) is 5.82. The molecule has 6 nitrogen and oxygen atoms in total. The Hall–Kier alpha value is -1.99. The van der Waals surface area contributed by atoms with Crippen LogP contribution in [0.25, 0.3) is 0 Å². The predicted octanol–water partition coefficient (Wildman–Crippen LogP) is 2.22. The van der Waals surface area contributed by atoms with E-state index in [4.69, 9.17) is 5.84 Å². The van der Waals surface area contributed by atoms with Crippen molar-refractivity contribution in [1.82, 2.24) is 14.9 Å². The number of carbonyl (C=O) groups excluding carboxylic acids is 1. The highest BCUT2D eigenvalue weighted by molar-refractivity contribution is 7.07. The lowest BCUT2D eigenvalue weighted by atomic mass is 10.1. The van der Waals surface area contributed by atoms with Crippen LogP contribution < -0.4 is 11.3 Å². The first-order valence-electron chi connectivity index (χ1n) is 6.62. The Morgan fingerprint density at radius 2 is 2.24 bits per heavy atom. The van der Waals surface area contributed by atoms with Gasteiger partial charge in [0.2, 0.25) is 0 Å². The molecule has 2 heterocycles. The number of anilines is 1. The van der Waals surface area contributed by atoms with Gasteiger partial charge in [-0.25, -0.2) is 15.8 Å². The van der Waals surface area contributed by atoms with Gasteiger partial charge < -0.3 is 10.3 Å². The molecule has 0 spiro atoms. The number of pyridine rings is 1. The number of nitrogens with two attached hydrogens (primary N) is 1. The molecule has 0 radical (unpaired) electrons. The zero-order valence-electron chi connectivity index (χ0n) is 12.3. The first kappa shape index (κ1) is 15.4. The van der Waals surface area contributed by atoms with Crippen LogP contribution in [-0.4, -0.2) is 27.8 Å². The van der Waals surface area contributed by atoms with Gasteiger partial charge in [0.1, 0.15) is 5.82 Å². The number of thiazole rings is 1. The number of hydrazine groups is 1. The Bertz CT molecular complexity index is 612. The quantitative estimate of drug-likeness (QED) is 0.653. The first-order chi connectivity index (χ1) is 10.0. The molecule has 0 unspecified atom stereocenters. The van der Waals surface area contributed by atoms with E-state index in [9.17, 15) is 4.79 Å². The van der Waals surface area contributed by atoms with Crippen LogP contribution in [0.4, 0.5) is 5.82 Å². The smallest absolute Gasteiger partial charge is 0.254 e. The van der Waals surface area contributed by atoms with Crippen molar-refractivity contribution in [1.29, 1.82) is 0 Å². The van der Waals surface area contributed by atoms with Gasteiger partial charge in [0.25, 0.3) is 5.91 Å². The van der Waals surface area contributed by atoms with Crippen LogP contribution in [0.2, 0.25) is 0 Å². The summed E-state index contributed by atoms with van der Waals surface area (Å²) in [4.78, 5) is 22.7. The molecule has 112 valence electrons. The van der Waals surface area contributed by atoms with E-state index in [1.54, 1.807) is 23.5 Å². The summed E-state index contributed by atoms with van der Waals surface area (Å²) < 4.78 is 0. The molecule has 0 atom stereocenters. The van der Waals surface area contributed by atoms with Crippen molar-refractivity contribution in [3.8, 4) is 0 Å². The summed E-state index contributed by atoms with van der Waals surface area (Å²) in [6.45, 7) is 4.53. The lowest BCUT2D eigenvalue weighted by Gasteiger charge is -2.17. The van der Waals surface area contributed by atoms with E-state index in [1.165, 1.54) is 11.3 Å². The third-order valence-electron chi connectivity index (χ3n) is 3.06. The molecule has 0 aromatic carbocycles.